The van der Waals surface area contributed by atoms with Crippen LogP contribution in [0.25, 0.3) is 0 Å². The Morgan fingerprint density at radius 1 is 1.55 bits per heavy atom. The molecule has 1 N–H and O–H groups in total. The molecule has 20 heavy (non-hydrogen) atoms. The van der Waals surface area contributed by atoms with Gasteiger partial charge in [0, 0.05) is 25.0 Å². The molecule has 1 aliphatic heterocycles. The van der Waals surface area contributed by atoms with Crippen molar-refractivity contribution < 1.29 is 9.21 Å². The van der Waals surface area contributed by atoms with Gasteiger partial charge in [-0.05, 0) is 30.9 Å². The van der Waals surface area contributed by atoms with Crippen molar-refractivity contribution in [1.82, 2.24) is 10.2 Å². The van der Waals surface area contributed by atoms with Crippen molar-refractivity contribution in [3.63, 3.8) is 0 Å². The fourth-order valence-electron chi connectivity index (χ4n) is 2.82. The Balaban J connectivity index is 1.84. The molecule has 1 fully saturated rings. The maximum Gasteiger partial charge on any atom is 0.225 e. The van der Waals surface area contributed by atoms with E-state index in [1.807, 2.05) is 24.8 Å². The van der Waals surface area contributed by atoms with Gasteiger partial charge in [-0.25, -0.2) is 0 Å². The van der Waals surface area contributed by atoms with Gasteiger partial charge in [-0.2, -0.15) is 0 Å². The van der Waals surface area contributed by atoms with Crippen LogP contribution >= 0.6 is 0 Å². The summed E-state index contributed by atoms with van der Waals surface area (Å²) >= 11 is 0. The van der Waals surface area contributed by atoms with Crippen LogP contribution in [0.1, 0.15) is 38.5 Å². The normalized spacial score (nSPS) is 23.4. The Morgan fingerprint density at radius 2 is 2.30 bits per heavy atom. The predicted molar refractivity (Wildman–Crippen MR) is 79.3 cm³/mol. The van der Waals surface area contributed by atoms with E-state index in [0.29, 0.717) is 12.0 Å². The van der Waals surface area contributed by atoms with Crippen LogP contribution < -0.4 is 5.32 Å². The third-order valence-corrected chi connectivity index (χ3v) is 4.20. The van der Waals surface area contributed by atoms with Gasteiger partial charge in [-0.1, -0.05) is 20.8 Å². The second-order valence-corrected chi connectivity index (χ2v) is 6.22. The van der Waals surface area contributed by atoms with Gasteiger partial charge in [-0.15, -0.1) is 0 Å². The molecule has 2 heterocycles. The Bertz CT molecular complexity index is 453. The second kappa shape index (κ2) is 6.44. The minimum Gasteiger partial charge on any atom is -0.468 e. The van der Waals surface area contributed by atoms with E-state index >= 15 is 0 Å². The summed E-state index contributed by atoms with van der Waals surface area (Å²) in [6.07, 6.45) is 2.75. The van der Waals surface area contributed by atoms with Gasteiger partial charge >= 0.3 is 0 Å². The van der Waals surface area contributed by atoms with Crippen molar-refractivity contribution in [3.05, 3.63) is 23.7 Å². The molecule has 2 unspecified atom stereocenters. The largest absolute Gasteiger partial charge is 0.468 e. The maximum atomic E-state index is 12.0. The number of carbonyl (C=O) groups is 1. The summed E-state index contributed by atoms with van der Waals surface area (Å²) in [6.45, 7) is 10.7. The first-order chi connectivity index (χ1) is 9.49. The Hall–Kier alpha value is -1.29. The van der Waals surface area contributed by atoms with E-state index in [1.165, 1.54) is 5.56 Å². The number of rotatable bonds is 4. The lowest BCUT2D eigenvalue weighted by Gasteiger charge is -2.38. The number of nitrogens with one attached hydrogen (secondary N) is 1. The topological polar surface area (TPSA) is 45.5 Å². The molecule has 4 heteroatoms. The number of carbonyl (C=O) groups excluding carboxylic acids is 1. The highest BCUT2D eigenvalue weighted by Gasteiger charge is 2.29. The number of aryl methyl sites for hydroxylation is 1. The van der Waals surface area contributed by atoms with Crippen molar-refractivity contribution in [2.45, 2.75) is 46.7 Å². The van der Waals surface area contributed by atoms with E-state index in [0.717, 1.165) is 31.8 Å². The molecular weight excluding hydrogens is 252 g/mol. The molecule has 112 valence electrons. The number of hydrogen-bond acceptors (Lipinski definition) is 3. The lowest BCUT2D eigenvalue weighted by molar-refractivity contribution is -0.136. The smallest absolute Gasteiger partial charge is 0.225 e. The first kappa shape index (κ1) is 15.1. The Kier molecular flexibility index (Phi) is 4.86. The van der Waals surface area contributed by atoms with Crippen molar-refractivity contribution in [2.75, 3.05) is 13.1 Å². The summed E-state index contributed by atoms with van der Waals surface area (Å²) in [5.74, 6) is 1.86. The first-order valence-electron chi connectivity index (χ1n) is 7.54. The summed E-state index contributed by atoms with van der Waals surface area (Å²) in [5, 5.41) is 3.57. The lowest BCUT2D eigenvalue weighted by Crippen LogP contribution is -2.50. The van der Waals surface area contributed by atoms with Crippen LogP contribution in [-0.4, -0.2) is 29.9 Å². The van der Waals surface area contributed by atoms with E-state index in [1.54, 1.807) is 6.26 Å². The van der Waals surface area contributed by atoms with Crippen LogP contribution in [0.5, 0.6) is 0 Å². The zero-order chi connectivity index (χ0) is 14.7. The molecule has 2 atom stereocenters. The van der Waals surface area contributed by atoms with Gasteiger partial charge in [0.1, 0.15) is 5.76 Å². The van der Waals surface area contributed by atoms with Crippen molar-refractivity contribution in [2.24, 2.45) is 11.8 Å². The summed E-state index contributed by atoms with van der Waals surface area (Å²) in [7, 11) is 0. The Morgan fingerprint density at radius 3 is 2.85 bits per heavy atom. The van der Waals surface area contributed by atoms with Gasteiger partial charge in [0.15, 0.2) is 0 Å². The molecule has 0 spiro atoms. The zero-order valence-electron chi connectivity index (χ0n) is 13.0. The van der Waals surface area contributed by atoms with E-state index in [2.05, 4.69) is 19.2 Å². The van der Waals surface area contributed by atoms with E-state index in [-0.39, 0.29) is 11.8 Å². The predicted octanol–water partition coefficient (Wildman–Crippen LogP) is 2.57. The first-order valence-corrected chi connectivity index (χ1v) is 7.54. The number of nitrogens with zero attached hydrogens (tertiary/aromatic N) is 1. The SMILES string of the molecule is Cc1ccoc1CNC1CCN(C(=O)C(C)C)CC1C. The molecule has 1 amide bonds. The second-order valence-electron chi connectivity index (χ2n) is 6.22. The maximum absolute atomic E-state index is 12.0. The highest BCUT2D eigenvalue weighted by Crippen LogP contribution is 2.19. The molecule has 0 aromatic carbocycles. The van der Waals surface area contributed by atoms with Crippen LogP contribution in [0, 0.1) is 18.8 Å². The zero-order valence-corrected chi connectivity index (χ0v) is 13.0. The van der Waals surface area contributed by atoms with Gasteiger partial charge in [-0.3, -0.25) is 4.79 Å². The molecule has 0 radical (unpaired) electrons. The van der Waals surface area contributed by atoms with E-state index < -0.39 is 0 Å². The summed E-state index contributed by atoms with van der Waals surface area (Å²) < 4.78 is 5.45. The standard InChI is InChI=1S/C16H26N2O2/c1-11(2)16(19)18-7-5-14(13(4)10-18)17-9-15-12(3)6-8-20-15/h6,8,11,13-14,17H,5,7,9-10H2,1-4H3. The average molecular weight is 278 g/mol. The fraction of sp³-hybridized carbons (Fsp3) is 0.688. The highest BCUT2D eigenvalue weighted by molar-refractivity contribution is 5.78. The van der Waals surface area contributed by atoms with Crippen molar-refractivity contribution in [3.8, 4) is 0 Å². The monoisotopic (exact) mass is 278 g/mol. The Labute approximate surface area is 121 Å². The molecular formula is C16H26N2O2. The van der Waals surface area contributed by atoms with Crippen LogP contribution in [0.15, 0.2) is 16.7 Å². The molecule has 0 saturated carbocycles. The molecule has 1 saturated heterocycles. The van der Waals surface area contributed by atoms with Gasteiger partial charge in [0.25, 0.3) is 0 Å². The highest BCUT2D eigenvalue weighted by atomic mass is 16.3. The minimum absolute atomic E-state index is 0.0949. The molecule has 0 aliphatic carbocycles. The number of amides is 1. The molecule has 1 aromatic heterocycles. The van der Waals surface area contributed by atoms with Crippen LogP contribution in [0.2, 0.25) is 0 Å². The molecule has 2 rings (SSSR count). The van der Waals surface area contributed by atoms with Gasteiger partial charge in [0.2, 0.25) is 5.91 Å². The third-order valence-electron chi connectivity index (χ3n) is 4.20. The number of piperidine rings is 1. The van der Waals surface area contributed by atoms with Gasteiger partial charge < -0.3 is 14.6 Å². The van der Waals surface area contributed by atoms with Gasteiger partial charge in [0.05, 0.1) is 12.8 Å². The lowest BCUT2D eigenvalue weighted by atomic mass is 9.93. The summed E-state index contributed by atoms with van der Waals surface area (Å²) in [5.41, 5.74) is 1.19. The quantitative estimate of drug-likeness (QED) is 0.920. The van der Waals surface area contributed by atoms with Crippen molar-refractivity contribution >= 4 is 5.91 Å². The van der Waals surface area contributed by atoms with Crippen LogP contribution in [0.4, 0.5) is 0 Å². The summed E-state index contributed by atoms with van der Waals surface area (Å²) in [4.78, 5) is 14.0. The van der Waals surface area contributed by atoms with E-state index in [4.69, 9.17) is 4.42 Å². The fourth-order valence-corrected chi connectivity index (χ4v) is 2.82. The minimum atomic E-state index is 0.0949. The molecule has 1 aromatic rings. The third kappa shape index (κ3) is 3.42. The van der Waals surface area contributed by atoms with E-state index in [9.17, 15) is 4.79 Å². The average Bonchev–Trinajstić information content (AvgIpc) is 2.82. The van der Waals surface area contributed by atoms with Crippen LogP contribution in [-0.2, 0) is 11.3 Å². The molecule has 4 nitrogen and oxygen atoms in total. The molecule has 1 aliphatic rings. The number of likely N-dealkylation sites (tertiary alicyclic amines) is 1. The number of furan rings is 1. The summed E-state index contributed by atoms with van der Waals surface area (Å²) in [6, 6.07) is 2.44. The van der Waals surface area contributed by atoms with Crippen molar-refractivity contribution in [1.29, 1.82) is 0 Å². The number of hydrogen-bond donors (Lipinski definition) is 1. The molecule has 0 bridgehead atoms. The van der Waals surface area contributed by atoms with Crippen LogP contribution in [0.3, 0.4) is 0 Å².